The fourth-order valence-electron chi connectivity index (χ4n) is 2.94. The van der Waals surface area contributed by atoms with Crippen molar-refractivity contribution in [3.8, 4) is 11.3 Å². The first-order valence-corrected chi connectivity index (χ1v) is 9.62. The molecule has 0 spiro atoms. The number of amides is 1. The van der Waals surface area contributed by atoms with E-state index in [1.807, 2.05) is 37.3 Å². The Balaban J connectivity index is 1.53. The molecule has 0 unspecified atom stereocenters. The summed E-state index contributed by atoms with van der Waals surface area (Å²) in [7, 11) is 0. The highest BCUT2D eigenvalue weighted by Gasteiger charge is 2.09. The molecular formula is C24H20N6O. The normalized spacial score (nSPS) is 10.4. The maximum absolute atomic E-state index is 12.6. The summed E-state index contributed by atoms with van der Waals surface area (Å²) in [4.78, 5) is 29.5. The highest BCUT2D eigenvalue weighted by atomic mass is 16.1. The molecule has 4 rings (SSSR count). The lowest BCUT2D eigenvalue weighted by molar-refractivity contribution is 0.102. The molecular weight excluding hydrogens is 388 g/mol. The van der Waals surface area contributed by atoms with Crippen LogP contribution >= 0.6 is 0 Å². The number of carbonyl (C=O) groups is 1. The van der Waals surface area contributed by atoms with Crippen LogP contribution in [-0.4, -0.2) is 25.8 Å². The molecule has 0 aliphatic rings. The number of anilines is 3. The number of carbonyl (C=O) groups excluding carboxylic acids is 1. The molecule has 0 atom stereocenters. The SMILES string of the molecule is C=Cc1ccc(C(=O)Nc2ccc(C)c(Nc3nccc(-c4cncnc4)n3)c2)cc1. The van der Waals surface area contributed by atoms with Crippen molar-refractivity contribution < 1.29 is 4.79 Å². The van der Waals surface area contributed by atoms with Gasteiger partial charge in [0.2, 0.25) is 5.95 Å². The number of hydrogen-bond acceptors (Lipinski definition) is 6. The number of rotatable bonds is 6. The van der Waals surface area contributed by atoms with Crippen molar-refractivity contribution in [3.05, 3.63) is 96.7 Å². The molecule has 0 saturated carbocycles. The standard InChI is InChI=1S/C24H20N6O/c1-3-17-5-7-18(8-6-17)23(31)28-20-9-4-16(2)22(12-20)30-24-27-11-10-21(29-24)19-13-25-15-26-14-19/h3-15H,1H2,2H3,(H,28,31)(H,27,29,30). The quantitative estimate of drug-likeness (QED) is 0.472. The van der Waals surface area contributed by atoms with Crippen LogP contribution in [0.25, 0.3) is 17.3 Å². The molecule has 0 aliphatic heterocycles. The minimum Gasteiger partial charge on any atom is -0.324 e. The summed E-state index contributed by atoms with van der Waals surface area (Å²) in [6.07, 6.45) is 8.28. The highest BCUT2D eigenvalue weighted by molar-refractivity contribution is 6.04. The van der Waals surface area contributed by atoms with Gasteiger partial charge in [0.1, 0.15) is 6.33 Å². The van der Waals surface area contributed by atoms with Gasteiger partial charge in [-0.25, -0.2) is 19.9 Å². The number of aromatic nitrogens is 4. The van der Waals surface area contributed by atoms with E-state index in [4.69, 9.17) is 0 Å². The van der Waals surface area contributed by atoms with Gasteiger partial charge in [0.15, 0.2) is 0 Å². The van der Waals surface area contributed by atoms with Crippen molar-refractivity contribution in [1.29, 1.82) is 0 Å². The van der Waals surface area contributed by atoms with E-state index in [9.17, 15) is 4.79 Å². The van der Waals surface area contributed by atoms with Crippen LogP contribution in [0.1, 0.15) is 21.5 Å². The summed E-state index contributed by atoms with van der Waals surface area (Å²) in [6, 6.07) is 14.7. The molecule has 2 heterocycles. The Morgan fingerprint density at radius 2 is 1.81 bits per heavy atom. The van der Waals surface area contributed by atoms with Gasteiger partial charge >= 0.3 is 0 Å². The first kappa shape index (κ1) is 19.9. The van der Waals surface area contributed by atoms with Gasteiger partial charge in [-0.1, -0.05) is 30.9 Å². The zero-order valence-corrected chi connectivity index (χ0v) is 16.9. The second-order valence-corrected chi connectivity index (χ2v) is 6.83. The fourth-order valence-corrected chi connectivity index (χ4v) is 2.94. The maximum Gasteiger partial charge on any atom is 0.255 e. The molecule has 0 radical (unpaired) electrons. The predicted molar refractivity (Wildman–Crippen MR) is 122 cm³/mol. The number of nitrogens with one attached hydrogen (secondary N) is 2. The monoisotopic (exact) mass is 408 g/mol. The molecule has 0 saturated heterocycles. The van der Waals surface area contributed by atoms with Crippen molar-refractivity contribution in [2.45, 2.75) is 6.92 Å². The molecule has 7 nitrogen and oxygen atoms in total. The van der Waals surface area contributed by atoms with E-state index in [2.05, 4.69) is 37.1 Å². The van der Waals surface area contributed by atoms with E-state index >= 15 is 0 Å². The number of nitrogens with zero attached hydrogens (tertiary/aromatic N) is 4. The van der Waals surface area contributed by atoms with Crippen LogP contribution in [0.5, 0.6) is 0 Å². The second-order valence-electron chi connectivity index (χ2n) is 6.83. The van der Waals surface area contributed by atoms with Crippen LogP contribution in [0.2, 0.25) is 0 Å². The first-order chi connectivity index (χ1) is 15.1. The zero-order valence-electron chi connectivity index (χ0n) is 16.9. The van der Waals surface area contributed by atoms with Crippen LogP contribution < -0.4 is 10.6 Å². The lowest BCUT2D eigenvalue weighted by atomic mass is 10.1. The topological polar surface area (TPSA) is 92.7 Å². The molecule has 0 bridgehead atoms. The summed E-state index contributed by atoms with van der Waals surface area (Å²) in [5.41, 5.74) is 5.49. The van der Waals surface area contributed by atoms with Gasteiger partial charge in [-0.05, 0) is 48.4 Å². The van der Waals surface area contributed by atoms with Crippen molar-refractivity contribution in [3.63, 3.8) is 0 Å². The average Bonchev–Trinajstić information content (AvgIpc) is 2.82. The molecule has 2 aromatic heterocycles. The largest absolute Gasteiger partial charge is 0.324 e. The van der Waals surface area contributed by atoms with Crippen LogP contribution in [0.4, 0.5) is 17.3 Å². The Morgan fingerprint density at radius 3 is 2.55 bits per heavy atom. The van der Waals surface area contributed by atoms with Crippen LogP contribution in [-0.2, 0) is 0 Å². The van der Waals surface area contributed by atoms with E-state index in [1.165, 1.54) is 6.33 Å². The number of aryl methyl sites for hydroxylation is 1. The van der Waals surface area contributed by atoms with E-state index < -0.39 is 0 Å². The molecule has 4 aromatic rings. The van der Waals surface area contributed by atoms with Crippen molar-refractivity contribution in [1.82, 2.24) is 19.9 Å². The second kappa shape index (κ2) is 8.96. The minimum atomic E-state index is -0.187. The van der Waals surface area contributed by atoms with Gasteiger partial charge in [0.25, 0.3) is 5.91 Å². The summed E-state index contributed by atoms with van der Waals surface area (Å²) in [5, 5.41) is 6.15. The molecule has 1 amide bonds. The maximum atomic E-state index is 12.6. The van der Waals surface area contributed by atoms with Crippen LogP contribution in [0.3, 0.4) is 0 Å². The van der Waals surface area contributed by atoms with Gasteiger partial charge in [-0.2, -0.15) is 0 Å². The van der Waals surface area contributed by atoms with E-state index in [0.717, 1.165) is 22.4 Å². The Bertz CT molecular complexity index is 1220. The Labute approximate surface area is 180 Å². The first-order valence-electron chi connectivity index (χ1n) is 9.62. The van der Waals surface area contributed by atoms with Gasteiger partial charge in [0.05, 0.1) is 5.69 Å². The fraction of sp³-hybridized carbons (Fsp3) is 0.0417. The third-order valence-electron chi connectivity index (χ3n) is 4.66. The Kier molecular flexibility index (Phi) is 5.75. The summed E-state index contributed by atoms with van der Waals surface area (Å²) in [5.74, 6) is 0.251. The average molecular weight is 408 g/mol. The number of benzene rings is 2. The molecule has 2 aromatic carbocycles. The van der Waals surface area contributed by atoms with Crippen LogP contribution in [0, 0.1) is 6.92 Å². The van der Waals surface area contributed by atoms with E-state index in [-0.39, 0.29) is 5.91 Å². The molecule has 0 aliphatic carbocycles. The molecule has 31 heavy (non-hydrogen) atoms. The lowest BCUT2D eigenvalue weighted by Crippen LogP contribution is -2.12. The van der Waals surface area contributed by atoms with Gasteiger partial charge < -0.3 is 10.6 Å². The van der Waals surface area contributed by atoms with Gasteiger partial charge in [-0.3, -0.25) is 4.79 Å². The smallest absolute Gasteiger partial charge is 0.255 e. The third-order valence-corrected chi connectivity index (χ3v) is 4.66. The van der Waals surface area contributed by atoms with E-state index in [0.29, 0.717) is 22.9 Å². The molecule has 152 valence electrons. The zero-order chi connectivity index (χ0) is 21.6. The molecule has 0 fully saturated rings. The van der Waals surface area contributed by atoms with Crippen molar-refractivity contribution in [2.24, 2.45) is 0 Å². The Hall–Kier alpha value is -4.39. The summed E-state index contributed by atoms with van der Waals surface area (Å²) >= 11 is 0. The van der Waals surface area contributed by atoms with E-state index in [1.54, 1.807) is 42.9 Å². The van der Waals surface area contributed by atoms with Crippen molar-refractivity contribution >= 4 is 29.3 Å². The van der Waals surface area contributed by atoms with Gasteiger partial charge in [-0.15, -0.1) is 0 Å². The molecule has 7 heteroatoms. The van der Waals surface area contributed by atoms with Crippen LogP contribution in [0.15, 0.2) is 80.0 Å². The van der Waals surface area contributed by atoms with Crippen molar-refractivity contribution in [2.75, 3.05) is 10.6 Å². The minimum absolute atomic E-state index is 0.187. The lowest BCUT2D eigenvalue weighted by Gasteiger charge is -2.12. The highest BCUT2D eigenvalue weighted by Crippen LogP contribution is 2.24. The van der Waals surface area contributed by atoms with Gasteiger partial charge in [0, 0.05) is 41.1 Å². The summed E-state index contributed by atoms with van der Waals surface area (Å²) < 4.78 is 0. The molecule has 2 N–H and O–H groups in total. The third kappa shape index (κ3) is 4.79. The number of hydrogen-bond donors (Lipinski definition) is 2. The Morgan fingerprint density at radius 1 is 1.03 bits per heavy atom. The summed E-state index contributed by atoms with van der Waals surface area (Å²) in [6.45, 7) is 5.69. The predicted octanol–water partition coefficient (Wildman–Crippen LogP) is 4.88.